The van der Waals surface area contributed by atoms with E-state index in [-0.39, 0.29) is 5.56 Å². The van der Waals surface area contributed by atoms with Crippen LogP contribution in [-0.4, -0.2) is 16.3 Å². The molecular formula is C11H10F3NO. The first kappa shape index (κ1) is 11.0. The molecule has 0 fully saturated rings. The summed E-state index contributed by atoms with van der Waals surface area (Å²) in [6.45, 7) is 1.79. The van der Waals surface area contributed by atoms with Crippen molar-refractivity contribution >= 4 is 10.9 Å². The number of nitrogens with one attached hydrogen (secondary N) is 1. The second-order valence-electron chi connectivity index (χ2n) is 3.69. The van der Waals surface area contributed by atoms with Crippen molar-refractivity contribution < 1.29 is 18.3 Å². The first-order chi connectivity index (χ1) is 7.41. The zero-order chi connectivity index (χ0) is 11.9. The third-order valence-corrected chi connectivity index (χ3v) is 2.56. The van der Waals surface area contributed by atoms with E-state index in [1.54, 1.807) is 25.1 Å². The van der Waals surface area contributed by atoms with Crippen LogP contribution >= 0.6 is 0 Å². The number of aliphatic hydroxyl groups excluding tert-OH is 1. The Bertz CT molecular complexity index is 515. The predicted octanol–water partition coefficient (Wildman–Crippen LogP) is 3.07. The van der Waals surface area contributed by atoms with Gasteiger partial charge in [0.15, 0.2) is 6.10 Å². The molecule has 0 bridgehead atoms. The molecule has 2 nitrogen and oxygen atoms in total. The van der Waals surface area contributed by atoms with E-state index in [9.17, 15) is 18.3 Å². The molecule has 0 saturated carbocycles. The summed E-state index contributed by atoms with van der Waals surface area (Å²) in [6.07, 6.45) is -5.88. The highest BCUT2D eigenvalue weighted by Gasteiger charge is 2.40. The molecular weight excluding hydrogens is 219 g/mol. The summed E-state index contributed by atoms with van der Waals surface area (Å²) in [6, 6.07) is 5.02. The molecule has 0 saturated heterocycles. The lowest BCUT2D eigenvalue weighted by molar-refractivity contribution is -0.206. The van der Waals surface area contributed by atoms with Crippen molar-refractivity contribution in [3.05, 3.63) is 35.5 Å². The van der Waals surface area contributed by atoms with Gasteiger partial charge in [-0.15, -0.1) is 0 Å². The number of hydrogen-bond acceptors (Lipinski definition) is 1. The Balaban J connectivity index is 2.59. The maximum Gasteiger partial charge on any atom is 0.418 e. The van der Waals surface area contributed by atoms with Gasteiger partial charge in [0.05, 0.1) is 0 Å². The van der Waals surface area contributed by atoms with Crippen molar-refractivity contribution in [2.24, 2.45) is 0 Å². The maximum atomic E-state index is 12.4. The summed E-state index contributed by atoms with van der Waals surface area (Å²) >= 11 is 0. The van der Waals surface area contributed by atoms with Crippen LogP contribution in [0.2, 0.25) is 0 Å². The summed E-state index contributed by atoms with van der Waals surface area (Å²) in [5, 5.41) is 9.60. The summed E-state index contributed by atoms with van der Waals surface area (Å²) in [5.74, 6) is 0. The van der Waals surface area contributed by atoms with Gasteiger partial charge >= 0.3 is 6.18 Å². The van der Waals surface area contributed by atoms with E-state index in [1.807, 2.05) is 0 Å². The van der Waals surface area contributed by atoms with Crippen molar-refractivity contribution in [1.82, 2.24) is 4.98 Å². The molecule has 2 aromatic rings. The van der Waals surface area contributed by atoms with Crippen LogP contribution in [0, 0.1) is 6.92 Å². The Labute approximate surface area is 89.7 Å². The molecule has 1 heterocycles. The molecule has 0 aliphatic heterocycles. The van der Waals surface area contributed by atoms with Gasteiger partial charge in [-0.05, 0) is 12.5 Å². The van der Waals surface area contributed by atoms with Gasteiger partial charge in [-0.2, -0.15) is 13.2 Å². The lowest BCUT2D eigenvalue weighted by Gasteiger charge is -2.13. The zero-order valence-electron chi connectivity index (χ0n) is 8.47. The normalized spacial score (nSPS) is 14.3. The number of aliphatic hydroxyl groups is 1. The summed E-state index contributed by atoms with van der Waals surface area (Å²) in [5.41, 5.74) is 1.34. The van der Waals surface area contributed by atoms with Crippen LogP contribution in [0.15, 0.2) is 24.4 Å². The topological polar surface area (TPSA) is 36.0 Å². The van der Waals surface area contributed by atoms with Crippen LogP contribution in [0.3, 0.4) is 0 Å². The van der Waals surface area contributed by atoms with Crippen molar-refractivity contribution in [2.45, 2.75) is 19.2 Å². The fourth-order valence-electron chi connectivity index (χ4n) is 1.73. The van der Waals surface area contributed by atoms with Gasteiger partial charge in [0, 0.05) is 22.7 Å². The molecule has 0 radical (unpaired) electrons. The molecule has 0 aliphatic rings. The summed E-state index contributed by atoms with van der Waals surface area (Å²) in [4.78, 5) is 2.75. The molecule has 86 valence electrons. The fraction of sp³-hybridized carbons (Fsp3) is 0.273. The highest BCUT2D eigenvalue weighted by atomic mass is 19.4. The van der Waals surface area contributed by atoms with Gasteiger partial charge in [0.25, 0.3) is 0 Å². The van der Waals surface area contributed by atoms with E-state index in [1.165, 1.54) is 6.20 Å². The number of aromatic amines is 1. The van der Waals surface area contributed by atoms with E-state index in [4.69, 9.17) is 0 Å². The standard InChI is InChI=1S/C11H10F3NO/c1-6-3-2-4-7-8(5-15-9(6)7)10(16)11(12,13)14/h2-5,10,15-16H,1H3/t10-/m1/s1. The smallest absolute Gasteiger partial charge is 0.379 e. The number of alkyl halides is 3. The maximum absolute atomic E-state index is 12.4. The third kappa shape index (κ3) is 1.67. The van der Waals surface area contributed by atoms with Crippen molar-refractivity contribution in [3.8, 4) is 0 Å². The molecule has 5 heteroatoms. The lowest BCUT2D eigenvalue weighted by Crippen LogP contribution is -2.19. The molecule has 16 heavy (non-hydrogen) atoms. The number of H-pyrrole nitrogens is 1. The van der Waals surface area contributed by atoms with E-state index >= 15 is 0 Å². The first-order valence-electron chi connectivity index (χ1n) is 4.72. The first-order valence-corrected chi connectivity index (χ1v) is 4.72. The fourth-order valence-corrected chi connectivity index (χ4v) is 1.73. The minimum Gasteiger partial charge on any atom is -0.379 e. The predicted molar refractivity (Wildman–Crippen MR) is 54.1 cm³/mol. The van der Waals surface area contributed by atoms with Gasteiger partial charge in [0.2, 0.25) is 0 Å². The van der Waals surface area contributed by atoms with Gasteiger partial charge in [-0.3, -0.25) is 0 Å². The Morgan fingerprint density at radius 1 is 1.31 bits per heavy atom. The number of benzene rings is 1. The second kappa shape index (κ2) is 3.52. The van der Waals surface area contributed by atoms with Crippen molar-refractivity contribution in [2.75, 3.05) is 0 Å². The largest absolute Gasteiger partial charge is 0.418 e. The minimum atomic E-state index is -4.64. The highest BCUT2D eigenvalue weighted by Crippen LogP contribution is 2.36. The van der Waals surface area contributed by atoms with Gasteiger partial charge in [-0.25, -0.2) is 0 Å². The lowest BCUT2D eigenvalue weighted by atomic mass is 10.1. The van der Waals surface area contributed by atoms with Crippen LogP contribution in [0.1, 0.15) is 17.2 Å². The number of fused-ring (bicyclic) bond motifs is 1. The molecule has 1 aromatic carbocycles. The Hall–Kier alpha value is -1.49. The van der Waals surface area contributed by atoms with Gasteiger partial charge < -0.3 is 10.1 Å². The molecule has 1 atom stereocenters. The average Bonchev–Trinajstić information content (AvgIpc) is 2.60. The number of para-hydroxylation sites is 1. The quantitative estimate of drug-likeness (QED) is 0.774. The van der Waals surface area contributed by atoms with Crippen LogP contribution in [-0.2, 0) is 0 Å². The van der Waals surface area contributed by atoms with Crippen LogP contribution in [0.4, 0.5) is 13.2 Å². The van der Waals surface area contributed by atoms with E-state index in [0.717, 1.165) is 5.56 Å². The second-order valence-corrected chi connectivity index (χ2v) is 3.69. The summed E-state index contributed by atoms with van der Waals surface area (Å²) < 4.78 is 37.1. The summed E-state index contributed by atoms with van der Waals surface area (Å²) in [7, 11) is 0. The van der Waals surface area contributed by atoms with Crippen LogP contribution in [0.5, 0.6) is 0 Å². The van der Waals surface area contributed by atoms with E-state index in [2.05, 4.69) is 4.98 Å². The third-order valence-electron chi connectivity index (χ3n) is 2.56. The highest BCUT2D eigenvalue weighted by molar-refractivity contribution is 5.86. The Kier molecular flexibility index (Phi) is 2.42. The SMILES string of the molecule is Cc1cccc2c([C@@H](O)C(F)(F)F)c[nH]c12. The molecule has 0 aliphatic carbocycles. The Morgan fingerprint density at radius 3 is 2.62 bits per heavy atom. The molecule has 1 aromatic heterocycles. The number of halogens is 3. The Morgan fingerprint density at radius 2 is 2.00 bits per heavy atom. The number of aromatic nitrogens is 1. The van der Waals surface area contributed by atoms with Gasteiger partial charge in [-0.1, -0.05) is 18.2 Å². The van der Waals surface area contributed by atoms with Crippen LogP contribution in [0.25, 0.3) is 10.9 Å². The van der Waals surface area contributed by atoms with Crippen molar-refractivity contribution in [1.29, 1.82) is 0 Å². The molecule has 0 unspecified atom stereocenters. The van der Waals surface area contributed by atoms with Gasteiger partial charge in [0.1, 0.15) is 0 Å². The number of rotatable bonds is 1. The molecule has 0 spiro atoms. The minimum absolute atomic E-state index is 0.133. The molecule has 2 rings (SSSR count). The number of hydrogen-bond donors (Lipinski definition) is 2. The average molecular weight is 229 g/mol. The van der Waals surface area contributed by atoms with Crippen LogP contribution < -0.4 is 0 Å². The monoisotopic (exact) mass is 229 g/mol. The van der Waals surface area contributed by atoms with E-state index in [0.29, 0.717) is 10.9 Å². The van der Waals surface area contributed by atoms with E-state index < -0.39 is 12.3 Å². The molecule has 0 amide bonds. The number of aryl methyl sites for hydroxylation is 1. The molecule has 2 N–H and O–H groups in total. The van der Waals surface area contributed by atoms with Crippen molar-refractivity contribution in [3.63, 3.8) is 0 Å². The zero-order valence-corrected chi connectivity index (χ0v) is 8.47.